The summed E-state index contributed by atoms with van der Waals surface area (Å²) in [6.45, 7) is 2.99. The molecule has 0 aliphatic carbocycles. The minimum absolute atomic E-state index is 0.0281. The van der Waals surface area contributed by atoms with Gasteiger partial charge in [0, 0.05) is 10.9 Å². The highest BCUT2D eigenvalue weighted by Gasteiger charge is 2.21. The number of aromatic nitrogens is 1. The first kappa shape index (κ1) is 14.2. The fourth-order valence-corrected chi connectivity index (χ4v) is 3.30. The molecule has 1 aliphatic heterocycles. The van der Waals surface area contributed by atoms with Crippen LogP contribution in [0, 0.1) is 6.92 Å². The zero-order valence-electron chi connectivity index (χ0n) is 12.1. The summed E-state index contributed by atoms with van der Waals surface area (Å²) >= 11 is 1.47. The van der Waals surface area contributed by atoms with Crippen LogP contribution in [0.25, 0.3) is 11.3 Å². The molecular weight excluding hydrogens is 282 g/mol. The molecule has 2 N–H and O–H groups in total. The Labute approximate surface area is 128 Å². The molecule has 1 saturated heterocycles. The SMILES string of the molecule is Cc1ccccc1-c1csc(NC(=O)C2CCCCN2)n1. The number of nitrogens with one attached hydrogen (secondary N) is 2. The van der Waals surface area contributed by atoms with E-state index in [9.17, 15) is 4.79 Å². The first-order valence-corrected chi connectivity index (χ1v) is 8.18. The van der Waals surface area contributed by atoms with Crippen LogP contribution in [0.1, 0.15) is 24.8 Å². The van der Waals surface area contributed by atoms with E-state index in [4.69, 9.17) is 0 Å². The molecule has 1 amide bonds. The van der Waals surface area contributed by atoms with Crippen LogP contribution in [-0.2, 0) is 4.79 Å². The zero-order chi connectivity index (χ0) is 14.7. The van der Waals surface area contributed by atoms with Crippen molar-refractivity contribution in [3.05, 3.63) is 35.2 Å². The van der Waals surface area contributed by atoms with Gasteiger partial charge in [-0.1, -0.05) is 30.7 Å². The van der Waals surface area contributed by atoms with Crippen LogP contribution in [0.5, 0.6) is 0 Å². The predicted octanol–water partition coefficient (Wildman–Crippen LogP) is 3.20. The Morgan fingerprint density at radius 3 is 3.00 bits per heavy atom. The highest BCUT2D eigenvalue weighted by Crippen LogP contribution is 2.27. The molecule has 1 aliphatic rings. The summed E-state index contributed by atoms with van der Waals surface area (Å²) in [4.78, 5) is 16.7. The number of hydrogen-bond acceptors (Lipinski definition) is 4. The maximum absolute atomic E-state index is 12.2. The van der Waals surface area contributed by atoms with E-state index in [-0.39, 0.29) is 11.9 Å². The second-order valence-electron chi connectivity index (χ2n) is 5.34. The van der Waals surface area contributed by atoms with Gasteiger partial charge in [-0.3, -0.25) is 4.79 Å². The molecule has 2 heterocycles. The minimum atomic E-state index is -0.0791. The molecule has 1 unspecified atom stereocenters. The van der Waals surface area contributed by atoms with E-state index in [1.807, 2.05) is 17.5 Å². The zero-order valence-corrected chi connectivity index (χ0v) is 12.9. The molecule has 0 bridgehead atoms. The van der Waals surface area contributed by atoms with E-state index in [1.54, 1.807) is 0 Å². The number of benzene rings is 1. The number of thiazole rings is 1. The number of anilines is 1. The van der Waals surface area contributed by atoms with Gasteiger partial charge in [0.25, 0.3) is 0 Å². The van der Waals surface area contributed by atoms with Crippen molar-refractivity contribution in [1.82, 2.24) is 10.3 Å². The quantitative estimate of drug-likeness (QED) is 0.915. The van der Waals surface area contributed by atoms with Crippen molar-refractivity contribution in [1.29, 1.82) is 0 Å². The molecule has 3 rings (SSSR count). The number of amides is 1. The van der Waals surface area contributed by atoms with E-state index in [0.29, 0.717) is 5.13 Å². The van der Waals surface area contributed by atoms with Gasteiger partial charge in [-0.2, -0.15) is 0 Å². The second-order valence-corrected chi connectivity index (χ2v) is 6.20. The van der Waals surface area contributed by atoms with Crippen LogP contribution in [-0.4, -0.2) is 23.5 Å². The van der Waals surface area contributed by atoms with Crippen molar-refractivity contribution < 1.29 is 4.79 Å². The van der Waals surface area contributed by atoms with E-state index in [0.717, 1.165) is 37.1 Å². The Bertz CT molecular complexity index is 632. The summed E-state index contributed by atoms with van der Waals surface area (Å²) in [6.07, 6.45) is 3.16. The number of aryl methyl sites for hydroxylation is 1. The lowest BCUT2D eigenvalue weighted by molar-refractivity contribution is -0.118. The number of carbonyl (C=O) groups excluding carboxylic acids is 1. The van der Waals surface area contributed by atoms with E-state index in [1.165, 1.54) is 16.9 Å². The van der Waals surface area contributed by atoms with E-state index >= 15 is 0 Å². The van der Waals surface area contributed by atoms with Crippen molar-refractivity contribution in [2.45, 2.75) is 32.2 Å². The number of piperidine rings is 1. The maximum atomic E-state index is 12.2. The van der Waals surface area contributed by atoms with Gasteiger partial charge in [0.05, 0.1) is 11.7 Å². The highest BCUT2D eigenvalue weighted by molar-refractivity contribution is 7.14. The monoisotopic (exact) mass is 301 g/mol. The Kier molecular flexibility index (Phi) is 4.31. The minimum Gasteiger partial charge on any atom is -0.306 e. The summed E-state index contributed by atoms with van der Waals surface area (Å²) < 4.78 is 0. The summed E-state index contributed by atoms with van der Waals surface area (Å²) in [7, 11) is 0. The van der Waals surface area contributed by atoms with E-state index < -0.39 is 0 Å². The third-order valence-corrected chi connectivity index (χ3v) is 4.54. The molecule has 1 fully saturated rings. The van der Waals surface area contributed by atoms with Gasteiger partial charge in [-0.05, 0) is 31.9 Å². The lowest BCUT2D eigenvalue weighted by Gasteiger charge is -2.21. The van der Waals surface area contributed by atoms with Gasteiger partial charge < -0.3 is 10.6 Å². The van der Waals surface area contributed by atoms with Crippen LogP contribution in [0.4, 0.5) is 5.13 Å². The Balaban J connectivity index is 1.70. The third-order valence-electron chi connectivity index (χ3n) is 3.78. The number of hydrogen-bond donors (Lipinski definition) is 2. The number of nitrogens with zero attached hydrogens (tertiary/aromatic N) is 1. The molecule has 0 radical (unpaired) electrons. The highest BCUT2D eigenvalue weighted by atomic mass is 32.1. The molecule has 2 aromatic rings. The maximum Gasteiger partial charge on any atom is 0.243 e. The van der Waals surface area contributed by atoms with Crippen LogP contribution in [0.2, 0.25) is 0 Å². The normalized spacial score (nSPS) is 18.4. The smallest absolute Gasteiger partial charge is 0.243 e. The molecule has 1 aromatic carbocycles. The van der Waals surface area contributed by atoms with Crippen LogP contribution < -0.4 is 10.6 Å². The van der Waals surface area contributed by atoms with Crippen LogP contribution in [0.15, 0.2) is 29.6 Å². The second kappa shape index (κ2) is 6.37. The Morgan fingerprint density at radius 2 is 2.24 bits per heavy atom. The van der Waals surface area contributed by atoms with Crippen molar-refractivity contribution in [3.8, 4) is 11.3 Å². The van der Waals surface area contributed by atoms with E-state index in [2.05, 4.69) is 34.7 Å². The third kappa shape index (κ3) is 3.31. The molecule has 110 valence electrons. The predicted molar refractivity (Wildman–Crippen MR) is 86.6 cm³/mol. The first-order valence-electron chi connectivity index (χ1n) is 7.30. The number of rotatable bonds is 3. The Morgan fingerprint density at radius 1 is 1.38 bits per heavy atom. The van der Waals surface area contributed by atoms with Crippen LogP contribution >= 0.6 is 11.3 Å². The van der Waals surface area contributed by atoms with Crippen LogP contribution in [0.3, 0.4) is 0 Å². The molecule has 0 spiro atoms. The molecule has 4 nitrogen and oxygen atoms in total. The summed E-state index contributed by atoms with van der Waals surface area (Å²) in [5.74, 6) is 0.0281. The van der Waals surface area contributed by atoms with Gasteiger partial charge in [-0.25, -0.2) is 4.98 Å². The average Bonchev–Trinajstić information content (AvgIpc) is 2.97. The first-order chi connectivity index (χ1) is 10.2. The van der Waals surface area contributed by atoms with Gasteiger partial charge in [-0.15, -0.1) is 11.3 Å². The lowest BCUT2D eigenvalue weighted by atomic mass is 10.0. The molecular formula is C16H19N3OS. The number of carbonyl (C=O) groups is 1. The van der Waals surface area contributed by atoms with Gasteiger partial charge in [0.1, 0.15) is 0 Å². The summed E-state index contributed by atoms with van der Waals surface area (Å²) in [6, 6.07) is 8.07. The molecule has 5 heteroatoms. The summed E-state index contributed by atoms with van der Waals surface area (Å²) in [5, 5.41) is 8.84. The van der Waals surface area contributed by atoms with Crippen molar-refractivity contribution in [3.63, 3.8) is 0 Å². The largest absolute Gasteiger partial charge is 0.306 e. The fraction of sp³-hybridized carbons (Fsp3) is 0.375. The van der Waals surface area contributed by atoms with Gasteiger partial charge in [0.2, 0.25) is 5.91 Å². The Hall–Kier alpha value is -1.72. The molecule has 1 aromatic heterocycles. The molecule has 1 atom stereocenters. The van der Waals surface area contributed by atoms with Crippen molar-refractivity contribution in [2.75, 3.05) is 11.9 Å². The average molecular weight is 301 g/mol. The summed E-state index contributed by atoms with van der Waals surface area (Å²) in [5.41, 5.74) is 3.23. The van der Waals surface area contributed by atoms with Crippen molar-refractivity contribution >= 4 is 22.4 Å². The standard InChI is InChI=1S/C16H19N3OS/c1-11-6-2-3-7-12(11)14-10-21-16(18-14)19-15(20)13-8-4-5-9-17-13/h2-3,6-7,10,13,17H,4-5,8-9H2,1H3,(H,18,19,20). The van der Waals surface area contributed by atoms with Gasteiger partial charge in [0.15, 0.2) is 5.13 Å². The molecule has 21 heavy (non-hydrogen) atoms. The van der Waals surface area contributed by atoms with Crippen molar-refractivity contribution in [2.24, 2.45) is 0 Å². The topological polar surface area (TPSA) is 54.0 Å². The lowest BCUT2D eigenvalue weighted by Crippen LogP contribution is -2.43. The molecule has 0 saturated carbocycles. The fourth-order valence-electron chi connectivity index (χ4n) is 2.58. The van der Waals surface area contributed by atoms with Gasteiger partial charge >= 0.3 is 0 Å².